The number of halogens is 2. The minimum Gasteiger partial charge on any atom is -0.312 e. The van der Waals surface area contributed by atoms with Gasteiger partial charge in [0.05, 0.1) is 10.6 Å². The monoisotopic (exact) mass is 283 g/mol. The summed E-state index contributed by atoms with van der Waals surface area (Å²) in [6, 6.07) is 3.61. The first-order valence-corrected chi connectivity index (χ1v) is 6.85. The molecule has 0 radical (unpaired) electrons. The van der Waals surface area contributed by atoms with Gasteiger partial charge in [0.15, 0.2) is 0 Å². The highest BCUT2D eigenvalue weighted by atomic mass is 32.1. The second kappa shape index (κ2) is 6.16. The zero-order valence-corrected chi connectivity index (χ0v) is 11.6. The number of aryl methyl sites for hydroxylation is 1. The molecule has 0 fully saturated rings. The summed E-state index contributed by atoms with van der Waals surface area (Å²) < 4.78 is 30.5. The second-order valence-corrected chi connectivity index (χ2v) is 5.00. The number of nitrogens with zero attached hydrogens (tertiary/aromatic N) is 2. The molecule has 1 N–H and O–H groups in total. The number of aromatic nitrogens is 2. The normalized spacial score (nSPS) is 12.6. The van der Waals surface area contributed by atoms with E-state index in [9.17, 15) is 8.78 Å². The standard InChI is InChI=1S/C13H15F2N3S/c1-3-11-13(19-18-17-11)12(16-2)6-8-4-5-9(14)7-10(8)15/h4-5,7,12,16H,3,6H2,1-2H3. The molecule has 1 atom stereocenters. The predicted molar refractivity (Wildman–Crippen MR) is 71.1 cm³/mol. The molecule has 0 bridgehead atoms. The van der Waals surface area contributed by atoms with Crippen LogP contribution < -0.4 is 5.32 Å². The molecule has 2 aromatic rings. The van der Waals surface area contributed by atoms with Gasteiger partial charge in [-0.1, -0.05) is 17.5 Å². The summed E-state index contributed by atoms with van der Waals surface area (Å²) in [4.78, 5) is 1.01. The molecule has 3 nitrogen and oxygen atoms in total. The molecule has 6 heteroatoms. The summed E-state index contributed by atoms with van der Waals surface area (Å²) in [7, 11) is 1.81. The third-order valence-corrected chi connectivity index (χ3v) is 3.90. The van der Waals surface area contributed by atoms with Crippen LogP contribution >= 0.6 is 11.5 Å². The van der Waals surface area contributed by atoms with Gasteiger partial charge in [-0.2, -0.15) is 0 Å². The molecular weight excluding hydrogens is 268 g/mol. The third kappa shape index (κ3) is 3.13. The molecule has 0 amide bonds. The van der Waals surface area contributed by atoms with Gasteiger partial charge in [-0.15, -0.1) is 5.10 Å². The lowest BCUT2D eigenvalue weighted by Gasteiger charge is -2.15. The van der Waals surface area contributed by atoms with Crippen LogP contribution in [0.3, 0.4) is 0 Å². The fraction of sp³-hybridized carbons (Fsp3) is 0.385. The fourth-order valence-electron chi connectivity index (χ4n) is 1.96. The van der Waals surface area contributed by atoms with E-state index in [0.29, 0.717) is 12.0 Å². The Balaban J connectivity index is 2.24. The Labute approximate surface area is 114 Å². The van der Waals surface area contributed by atoms with E-state index < -0.39 is 11.6 Å². The van der Waals surface area contributed by atoms with Crippen molar-refractivity contribution in [2.45, 2.75) is 25.8 Å². The van der Waals surface area contributed by atoms with Gasteiger partial charge in [-0.25, -0.2) is 8.78 Å². The number of rotatable bonds is 5. The maximum atomic E-state index is 13.7. The van der Waals surface area contributed by atoms with E-state index in [1.807, 2.05) is 14.0 Å². The highest BCUT2D eigenvalue weighted by molar-refractivity contribution is 7.05. The van der Waals surface area contributed by atoms with E-state index in [4.69, 9.17) is 0 Å². The summed E-state index contributed by atoms with van der Waals surface area (Å²) in [6.07, 6.45) is 1.23. The molecule has 0 saturated carbocycles. The molecule has 1 aromatic heterocycles. The quantitative estimate of drug-likeness (QED) is 0.917. The molecule has 0 aliphatic rings. The lowest BCUT2D eigenvalue weighted by Crippen LogP contribution is -2.19. The molecule has 1 unspecified atom stereocenters. The summed E-state index contributed by atoms with van der Waals surface area (Å²) in [6.45, 7) is 2.01. The van der Waals surface area contributed by atoms with Crippen molar-refractivity contribution in [3.05, 3.63) is 46.0 Å². The first kappa shape index (κ1) is 14.0. The van der Waals surface area contributed by atoms with Crippen LogP contribution in [0.15, 0.2) is 18.2 Å². The van der Waals surface area contributed by atoms with Crippen molar-refractivity contribution in [1.82, 2.24) is 14.9 Å². The molecule has 102 valence electrons. The van der Waals surface area contributed by atoms with E-state index in [1.54, 1.807) is 0 Å². The van der Waals surface area contributed by atoms with Crippen molar-refractivity contribution < 1.29 is 8.78 Å². The fourth-order valence-corrected chi connectivity index (χ4v) is 2.80. The van der Waals surface area contributed by atoms with Crippen LogP contribution in [0, 0.1) is 11.6 Å². The maximum absolute atomic E-state index is 13.7. The zero-order chi connectivity index (χ0) is 13.8. The molecule has 1 aromatic carbocycles. The van der Waals surface area contributed by atoms with Gasteiger partial charge < -0.3 is 5.32 Å². The molecule has 0 spiro atoms. The van der Waals surface area contributed by atoms with Crippen molar-refractivity contribution in [1.29, 1.82) is 0 Å². The van der Waals surface area contributed by atoms with Crippen LogP contribution in [0.5, 0.6) is 0 Å². The molecule has 2 rings (SSSR count). The van der Waals surface area contributed by atoms with Crippen LogP contribution in [0.25, 0.3) is 0 Å². The van der Waals surface area contributed by atoms with E-state index in [2.05, 4.69) is 14.9 Å². The number of nitrogens with one attached hydrogen (secondary N) is 1. The predicted octanol–water partition coefficient (Wildman–Crippen LogP) is 2.88. The van der Waals surface area contributed by atoms with Crippen molar-refractivity contribution >= 4 is 11.5 Å². The Morgan fingerprint density at radius 2 is 2.16 bits per heavy atom. The van der Waals surface area contributed by atoms with Crippen LogP contribution in [-0.4, -0.2) is 16.6 Å². The summed E-state index contributed by atoms with van der Waals surface area (Å²) in [5.74, 6) is -1.08. The summed E-state index contributed by atoms with van der Waals surface area (Å²) in [5, 5.41) is 7.20. The Morgan fingerprint density at radius 1 is 1.37 bits per heavy atom. The molecule has 19 heavy (non-hydrogen) atoms. The summed E-state index contributed by atoms with van der Waals surface area (Å²) in [5.41, 5.74) is 1.41. The Hall–Kier alpha value is -1.40. The second-order valence-electron chi connectivity index (χ2n) is 4.22. The Kier molecular flexibility index (Phi) is 4.55. The molecule has 0 aliphatic heterocycles. The highest BCUT2D eigenvalue weighted by Gasteiger charge is 2.19. The minimum atomic E-state index is -0.559. The number of likely N-dealkylation sites (N-methyl/N-ethyl adjacent to an activating group) is 1. The van der Waals surface area contributed by atoms with E-state index in [1.165, 1.54) is 23.7 Å². The minimum absolute atomic E-state index is 0.0603. The molecular formula is C13H15F2N3S. The van der Waals surface area contributed by atoms with Gasteiger partial charge in [0.25, 0.3) is 0 Å². The van der Waals surface area contributed by atoms with Crippen molar-refractivity contribution in [2.75, 3.05) is 7.05 Å². The molecule has 0 saturated heterocycles. The average Bonchev–Trinajstić information content (AvgIpc) is 2.86. The largest absolute Gasteiger partial charge is 0.312 e. The van der Waals surface area contributed by atoms with Gasteiger partial charge in [0, 0.05) is 12.1 Å². The lowest BCUT2D eigenvalue weighted by atomic mass is 10.0. The van der Waals surface area contributed by atoms with E-state index in [0.717, 1.165) is 23.1 Å². The number of hydrogen-bond acceptors (Lipinski definition) is 4. The van der Waals surface area contributed by atoms with Gasteiger partial charge in [-0.05, 0) is 43.1 Å². The first-order chi connectivity index (χ1) is 9.15. The number of hydrogen-bond donors (Lipinski definition) is 1. The van der Waals surface area contributed by atoms with Crippen molar-refractivity contribution in [3.8, 4) is 0 Å². The van der Waals surface area contributed by atoms with Gasteiger partial charge in [-0.3, -0.25) is 0 Å². The smallest absolute Gasteiger partial charge is 0.129 e. The third-order valence-electron chi connectivity index (χ3n) is 3.02. The van der Waals surface area contributed by atoms with Crippen molar-refractivity contribution in [3.63, 3.8) is 0 Å². The van der Waals surface area contributed by atoms with Crippen LogP contribution in [0.2, 0.25) is 0 Å². The van der Waals surface area contributed by atoms with E-state index in [-0.39, 0.29) is 6.04 Å². The van der Waals surface area contributed by atoms with E-state index >= 15 is 0 Å². The molecule has 0 aliphatic carbocycles. The van der Waals surface area contributed by atoms with Crippen LogP contribution in [-0.2, 0) is 12.8 Å². The van der Waals surface area contributed by atoms with Crippen LogP contribution in [0.4, 0.5) is 8.78 Å². The van der Waals surface area contributed by atoms with Gasteiger partial charge in [0.1, 0.15) is 11.6 Å². The highest BCUT2D eigenvalue weighted by Crippen LogP contribution is 2.25. The topological polar surface area (TPSA) is 37.8 Å². The Bertz CT molecular complexity index is 557. The molecule has 1 heterocycles. The zero-order valence-electron chi connectivity index (χ0n) is 10.8. The number of benzene rings is 1. The lowest BCUT2D eigenvalue weighted by molar-refractivity contribution is 0.542. The van der Waals surface area contributed by atoms with Crippen LogP contribution in [0.1, 0.15) is 29.1 Å². The first-order valence-electron chi connectivity index (χ1n) is 6.08. The van der Waals surface area contributed by atoms with Gasteiger partial charge in [0.2, 0.25) is 0 Å². The van der Waals surface area contributed by atoms with Gasteiger partial charge >= 0.3 is 0 Å². The Morgan fingerprint density at radius 3 is 2.79 bits per heavy atom. The summed E-state index contributed by atoms with van der Waals surface area (Å²) >= 11 is 1.31. The average molecular weight is 283 g/mol. The maximum Gasteiger partial charge on any atom is 0.129 e. The van der Waals surface area contributed by atoms with Crippen molar-refractivity contribution in [2.24, 2.45) is 0 Å². The SMILES string of the molecule is CCc1nnsc1C(Cc1ccc(F)cc1F)NC.